The Balaban J connectivity index is 1.72. The number of Topliss-reactive ketones (excluding diaryl/α,β-unsaturated/α-hetero) is 1. The average Bonchev–Trinajstić information content (AvgIpc) is 3.13. The van der Waals surface area contributed by atoms with Crippen LogP contribution in [-0.4, -0.2) is 33.8 Å². The van der Waals surface area contributed by atoms with Crippen molar-refractivity contribution in [3.8, 4) is 5.75 Å². The molecule has 3 aromatic carbocycles. The summed E-state index contributed by atoms with van der Waals surface area (Å²) in [6.45, 7) is 0.186. The van der Waals surface area contributed by atoms with Gasteiger partial charge in [-0.15, -0.1) is 0 Å². The average molecular weight is 450 g/mol. The quantitative estimate of drug-likeness (QED) is 0.267. The molecule has 6 nitrogen and oxygen atoms in total. The first-order valence-corrected chi connectivity index (χ1v) is 10.9. The maximum Gasteiger partial charge on any atom is 0.295 e. The fraction of sp³-hybridized carbons (Fsp3) is 0.107. The van der Waals surface area contributed by atoms with Crippen molar-refractivity contribution in [3.63, 3.8) is 0 Å². The summed E-state index contributed by atoms with van der Waals surface area (Å²) in [4.78, 5) is 32.2. The topological polar surface area (TPSA) is 79.7 Å². The molecule has 1 saturated heterocycles. The van der Waals surface area contributed by atoms with E-state index >= 15 is 0 Å². The lowest BCUT2D eigenvalue weighted by Crippen LogP contribution is -2.29. The Kier molecular flexibility index (Phi) is 5.55. The molecule has 0 saturated carbocycles. The van der Waals surface area contributed by atoms with Gasteiger partial charge in [0.15, 0.2) is 0 Å². The third-order valence-corrected chi connectivity index (χ3v) is 6.10. The van der Waals surface area contributed by atoms with Crippen molar-refractivity contribution < 1.29 is 19.4 Å². The van der Waals surface area contributed by atoms with Gasteiger partial charge in [-0.1, -0.05) is 48.5 Å². The molecule has 6 heteroatoms. The van der Waals surface area contributed by atoms with Crippen molar-refractivity contribution in [3.05, 3.63) is 114 Å². The summed E-state index contributed by atoms with van der Waals surface area (Å²) in [6.07, 6.45) is 3.33. The number of hydrogen-bond acceptors (Lipinski definition) is 5. The number of methoxy groups -OCH3 is 1. The summed E-state index contributed by atoms with van der Waals surface area (Å²) in [5, 5.41) is 13.2. The molecule has 2 heterocycles. The molecule has 0 spiro atoms. The van der Waals surface area contributed by atoms with Gasteiger partial charge < -0.3 is 14.7 Å². The molecule has 0 aliphatic carbocycles. The summed E-state index contributed by atoms with van der Waals surface area (Å²) < 4.78 is 5.20. The van der Waals surface area contributed by atoms with E-state index in [0.29, 0.717) is 11.3 Å². The van der Waals surface area contributed by atoms with E-state index in [4.69, 9.17) is 4.74 Å². The van der Waals surface area contributed by atoms with Crippen LogP contribution < -0.4 is 4.74 Å². The molecule has 1 N–H and O–H groups in total. The van der Waals surface area contributed by atoms with Crippen LogP contribution in [0.15, 0.2) is 96.8 Å². The van der Waals surface area contributed by atoms with Crippen LogP contribution in [0.3, 0.4) is 0 Å². The lowest BCUT2D eigenvalue weighted by atomic mass is 9.91. The fourth-order valence-corrected chi connectivity index (χ4v) is 4.45. The summed E-state index contributed by atoms with van der Waals surface area (Å²) in [5.74, 6) is -0.959. The predicted octanol–water partition coefficient (Wildman–Crippen LogP) is 4.87. The molecule has 34 heavy (non-hydrogen) atoms. The highest BCUT2D eigenvalue weighted by molar-refractivity contribution is 6.46. The first-order chi connectivity index (χ1) is 16.6. The zero-order chi connectivity index (χ0) is 23.7. The number of aliphatic hydroxyl groups excluding tert-OH is 1. The highest BCUT2D eigenvalue weighted by atomic mass is 16.5. The van der Waals surface area contributed by atoms with E-state index in [0.717, 1.165) is 21.9 Å². The van der Waals surface area contributed by atoms with Crippen LogP contribution in [0.25, 0.3) is 16.5 Å². The largest absolute Gasteiger partial charge is 0.507 e. The third-order valence-electron chi connectivity index (χ3n) is 6.10. The molecule has 1 aromatic heterocycles. The molecule has 1 amide bonds. The zero-order valence-corrected chi connectivity index (χ0v) is 18.5. The van der Waals surface area contributed by atoms with Crippen LogP contribution in [0, 0.1) is 0 Å². The predicted molar refractivity (Wildman–Crippen MR) is 129 cm³/mol. The van der Waals surface area contributed by atoms with Crippen LogP contribution in [-0.2, 0) is 16.1 Å². The number of pyridine rings is 1. The number of carbonyl (C=O) groups is 2. The number of fused-ring (bicyclic) bond motifs is 1. The van der Waals surface area contributed by atoms with Crippen molar-refractivity contribution in [1.82, 2.24) is 9.88 Å². The number of amides is 1. The smallest absolute Gasteiger partial charge is 0.295 e. The Morgan fingerprint density at radius 3 is 2.47 bits per heavy atom. The molecule has 1 fully saturated rings. The summed E-state index contributed by atoms with van der Waals surface area (Å²) >= 11 is 0. The molecule has 4 aromatic rings. The number of hydrogen-bond donors (Lipinski definition) is 1. The highest BCUT2D eigenvalue weighted by Crippen LogP contribution is 2.42. The van der Waals surface area contributed by atoms with Gasteiger partial charge in [0, 0.05) is 24.5 Å². The molecular formula is C28H22N2O4. The van der Waals surface area contributed by atoms with Crippen molar-refractivity contribution in [2.75, 3.05) is 7.11 Å². The van der Waals surface area contributed by atoms with E-state index in [-0.39, 0.29) is 17.9 Å². The molecule has 1 aliphatic rings. The van der Waals surface area contributed by atoms with E-state index in [1.165, 1.54) is 4.90 Å². The Bertz CT molecular complexity index is 1410. The maximum absolute atomic E-state index is 13.3. The number of aromatic nitrogens is 1. The molecule has 0 radical (unpaired) electrons. The normalized spacial score (nSPS) is 17.3. The van der Waals surface area contributed by atoms with Gasteiger partial charge >= 0.3 is 0 Å². The van der Waals surface area contributed by atoms with Gasteiger partial charge in [-0.25, -0.2) is 0 Å². The fourth-order valence-electron chi connectivity index (χ4n) is 4.45. The van der Waals surface area contributed by atoms with Crippen LogP contribution >= 0.6 is 0 Å². The number of likely N-dealkylation sites (tertiary alicyclic amines) is 1. The summed E-state index contributed by atoms with van der Waals surface area (Å²) in [7, 11) is 1.55. The van der Waals surface area contributed by atoms with Gasteiger partial charge in [0.1, 0.15) is 11.5 Å². The van der Waals surface area contributed by atoms with Crippen molar-refractivity contribution in [2.45, 2.75) is 12.6 Å². The number of nitrogens with zero attached hydrogens (tertiary/aromatic N) is 2. The number of benzene rings is 3. The van der Waals surface area contributed by atoms with Gasteiger partial charge in [-0.2, -0.15) is 0 Å². The minimum atomic E-state index is -0.756. The van der Waals surface area contributed by atoms with Crippen molar-refractivity contribution in [1.29, 1.82) is 0 Å². The second-order valence-corrected chi connectivity index (χ2v) is 8.09. The van der Waals surface area contributed by atoms with Gasteiger partial charge in [0.25, 0.3) is 11.7 Å². The van der Waals surface area contributed by atoms with Crippen LogP contribution in [0.2, 0.25) is 0 Å². The standard InChI is InChI=1S/C28H22N2O4/c1-34-21-13-11-20(12-14-21)26(31)24-25(23-10-4-8-19-7-2-3-9-22(19)23)30(28(33)27(24)32)17-18-6-5-15-29-16-18/h2-16,25,31H,17H2,1H3/t25-/m0/s1. The molecule has 168 valence electrons. The Hall–Kier alpha value is -4.45. The van der Waals surface area contributed by atoms with E-state index < -0.39 is 17.7 Å². The monoisotopic (exact) mass is 450 g/mol. The number of carbonyl (C=O) groups excluding carboxylic acids is 2. The highest BCUT2D eigenvalue weighted by Gasteiger charge is 2.46. The van der Waals surface area contributed by atoms with Gasteiger partial charge in [0.05, 0.1) is 18.7 Å². The molecule has 1 atom stereocenters. The lowest BCUT2D eigenvalue weighted by molar-refractivity contribution is -0.140. The lowest BCUT2D eigenvalue weighted by Gasteiger charge is -2.26. The van der Waals surface area contributed by atoms with E-state index in [1.54, 1.807) is 49.8 Å². The first kappa shape index (κ1) is 21.4. The number of ether oxygens (including phenoxy) is 1. The Morgan fingerprint density at radius 1 is 0.971 bits per heavy atom. The van der Waals surface area contributed by atoms with Crippen molar-refractivity contribution >= 4 is 28.2 Å². The number of ketones is 1. The van der Waals surface area contributed by atoms with Crippen LogP contribution in [0.4, 0.5) is 0 Å². The SMILES string of the molecule is COc1ccc(C(O)=C2C(=O)C(=O)N(Cc3cccnc3)[C@H]2c2cccc3ccccc23)cc1. The molecule has 1 aliphatic heterocycles. The summed E-state index contributed by atoms with van der Waals surface area (Å²) in [6, 6.07) is 23.2. The summed E-state index contributed by atoms with van der Waals surface area (Å²) in [5.41, 5.74) is 2.07. The van der Waals surface area contributed by atoms with Gasteiger partial charge in [-0.3, -0.25) is 14.6 Å². The Labute approximate surface area is 196 Å². The Morgan fingerprint density at radius 2 is 1.74 bits per heavy atom. The minimum absolute atomic E-state index is 0.0652. The number of aliphatic hydroxyl groups is 1. The molecule has 0 bridgehead atoms. The van der Waals surface area contributed by atoms with E-state index in [2.05, 4.69) is 4.98 Å². The minimum Gasteiger partial charge on any atom is -0.507 e. The zero-order valence-electron chi connectivity index (χ0n) is 18.5. The van der Waals surface area contributed by atoms with E-state index in [9.17, 15) is 14.7 Å². The van der Waals surface area contributed by atoms with E-state index in [1.807, 2.05) is 48.5 Å². The second-order valence-electron chi connectivity index (χ2n) is 8.09. The van der Waals surface area contributed by atoms with Crippen LogP contribution in [0.5, 0.6) is 5.75 Å². The molecule has 5 rings (SSSR count). The second kappa shape index (κ2) is 8.83. The van der Waals surface area contributed by atoms with Crippen LogP contribution in [0.1, 0.15) is 22.7 Å². The van der Waals surface area contributed by atoms with Gasteiger partial charge in [0.2, 0.25) is 0 Å². The molecular weight excluding hydrogens is 428 g/mol. The molecule has 0 unspecified atom stereocenters. The third kappa shape index (κ3) is 3.69. The maximum atomic E-state index is 13.3. The van der Waals surface area contributed by atoms with Gasteiger partial charge in [-0.05, 0) is 52.2 Å². The first-order valence-electron chi connectivity index (χ1n) is 10.9. The van der Waals surface area contributed by atoms with Crippen molar-refractivity contribution in [2.24, 2.45) is 0 Å². The number of rotatable bonds is 5.